The fraction of sp³-hybridized carbons (Fsp3) is 0.455. The second-order valence-electron chi connectivity index (χ2n) is 7.00. The molecule has 1 fully saturated rings. The second-order valence-corrected chi connectivity index (χ2v) is 7.00. The molecule has 128 valence electrons. The third-order valence-corrected chi connectivity index (χ3v) is 5.32. The summed E-state index contributed by atoms with van der Waals surface area (Å²) < 4.78 is 0. The number of nitrogens with zero attached hydrogens (tertiary/aromatic N) is 1. The van der Waals surface area contributed by atoms with Crippen LogP contribution in [0, 0.1) is 0 Å². The summed E-state index contributed by atoms with van der Waals surface area (Å²) in [7, 11) is 2.27. The van der Waals surface area contributed by atoms with Crippen LogP contribution in [0.1, 0.15) is 42.7 Å². The summed E-state index contributed by atoms with van der Waals surface area (Å²) in [6, 6.07) is 22.5. The molecule has 1 heterocycles. The predicted molar refractivity (Wildman–Crippen MR) is 102 cm³/mol. The van der Waals surface area contributed by atoms with Gasteiger partial charge in [0.1, 0.15) is 0 Å². The fourth-order valence-corrected chi connectivity index (χ4v) is 3.81. The first-order valence-corrected chi connectivity index (χ1v) is 9.35. The second kappa shape index (κ2) is 9.00. The number of hydrogen-bond acceptors (Lipinski definition) is 2. The van der Waals surface area contributed by atoms with E-state index in [4.69, 9.17) is 0 Å². The molecule has 2 nitrogen and oxygen atoms in total. The van der Waals surface area contributed by atoms with E-state index in [1.807, 2.05) is 0 Å². The first kappa shape index (κ1) is 17.2. The Morgan fingerprint density at radius 3 is 2.17 bits per heavy atom. The van der Waals surface area contributed by atoms with E-state index in [1.54, 1.807) is 0 Å². The van der Waals surface area contributed by atoms with Crippen LogP contribution in [0.3, 0.4) is 0 Å². The van der Waals surface area contributed by atoms with Crippen molar-refractivity contribution in [3.8, 4) is 0 Å². The highest BCUT2D eigenvalue weighted by Crippen LogP contribution is 2.27. The van der Waals surface area contributed by atoms with E-state index >= 15 is 0 Å². The molecule has 2 aromatic carbocycles. The van der Waals surface area contributed by atoms with Crippen molar-refractivity contribution in [2.75, 3.05) is 26.7 Å². The first-order chi connectivity index (χ1) is 11.8. The lowest BCUT2D eigenvalue weighted by atomic mass is 9.88. The minimum absolute atomic E-state index is 0.476. The summed E-state index contributed by atoms with van der Waals surface area (Å²) in [5.74, 6) is 0.476. The Morgan fingerprint density at radius 1 is 0.958 bits per heavy atom. The van der Waals surface area contributed by atoms with Crippen molar-refractivity contribution in [2.24, 2.45) is 0 Å². The van der Waals surface area contributed by atoms with Gasteiger partial charge >= 0.3 is 0 Å². The average molecular weight is 322 g/mol. The van der Waals surface area contributed by atoms with Crippen LogP contribution in [0.5, 0.6) is 0 Å². The van der Waals surface area contributed by atoms with E-state index in [0.717, 1.165) is 19.5 Å². The lowest BCUT2D eigenvalue weighted by molar-refractivity contribution is 0.181. The molecule has 1 unspecified atom stereocenters. The van der Waals surface area contributed by atoms with Crippen molar-refractivity contribution >= 4 is 0 Å². The Labute approximate surface area is 146 Å². The van der Waals surface area contributed by atoms with E-state index in [9.17, 15) is 0 Å². The molecule has 3 rings (SSSR count). The van der Waals surface area contributed by atoms with E-state index in [2.05, 4.69) is 77.9 Å². The van der Waals surface area contributed by atoms with Gasteiger partial charge in [-0.1, -0.05) is 67.1 Å². The van der Waals surface area contributed by atoms with Gasteiger partial charge in [0.15, 0.2) is 0 Å². The topological polar surface area (TPSA) is 15.3 Å². The van der Waals surface area contributed by atoms with Crippen LogP contribution >= 0.6 is 0 Å². The maximum Gasteiger partial charge on any atom is 0.0217 e. The SMILES string of the molecule is CN1CCCCC1CNCCC(c1ccccc1)c1ccccc1. The maximum atomic E-state index is 3.71. The Morgan fingerprint density at radius 2 is 1.58 bits per heavy atom. The molecule has 2 heteroatoms. The van der Waals surface area contributed by atoms with Gasteiger partial charge in [0.05, 0.1) is 0 Å². The van der Waals surface area contributed by atoms with Crippen molar-refractivity contribution < 1.29 is 0 Å². The van der Waals surface area contributed by atoms with Crippen LogP contribution in [0.15, 0.2) is 60.7 Å². The van der Waals surface area contributed by atoms with Gasteiger partial charge in [0.25, 0.3) is 0 Å². The van der Waals surface area contributed by atoms with Crippen LogP contribution in [0.25, 0.3) is 0 Å². The number of nitrogens with one attached hydrogen (secondary N) is 1. The van der Waals surface area contributed by atoms with Gasteiger partial charge in [0.2, 0.25) is 0 Å². The van der Waals surface area contributed by atoms with Crippen LogP contribution in [-0.2, 0) is 0 Å². The lowest BCUT2D eigenvalue weighted by Gasteiger charge is -2.32. The molecule has 0 aromatic heterocycles. The standard InChI is InChI=1S/C22H30N2/c1-24-17-9-8-14-21(24)18-23-16-15-22(19-10-4-2-5-11-19)20-12-6-3-7-13-20/h2-7,10-13,21-23H,8-9,14-18H2,1H3. The summed E-state index contributed by atoms with van der Waals surface area (Å²) in [4.78, 5) is 2.52. The fourth-order valence-electron chi connectivity index (χ4n) is 3.81. The molecule has 0 spiro atoms. The zero-order valence-corrected chi connectivity index (χ0v) is 14.8. The van der Waals surface area contributed by atoms with Gasteiger partial charge in [-0.05, 0) is 50.5 Å². The summed E-state index contributed by atoms with van der Waals surface area (Å²) in [6.45, 7) is 3.44. The molecule has 0 bridgehead atoms. The molecule has 0 amide bonds. The number of benzene rings is 2. The molecule has 2 aromatic rings. The molecule has 1 aliphatic rings. The Bertz CT molecular complexity index is 542. The van der Waals surface area contributed by atoms with Crippen LogP contribution in [-0.4, -0.2) is 37.6 Å². The van der Waals surface area contributed by atoms with Gasteiger partial charge in [-0.15, -0.1) is 0 Å². The van der Waals surface area contributed by atoms with Gasteiger partial charge in [-0.3, -0.25) is 0 Å². The van der Waals surface area contributed by atoms with Gasteiger partial charge in [0, 0.05) is 18.5 Å². The van der Waals surface area contributed by atoms with Crippen LogP contribution in [0.2, 0.25) is 0 Å². The summed E-state index contributed by atoms with van der Waals surface area (Å²) in [5.41, 5.74) is 2.83. The molecular weight excluding hydrogens is 292 g/mol. The summed E-state index contributed by atoms with van der Waals surface area (Å²) >= 11 is 0. The van der Waals surface area contributed by atoms with Gasteiger partial charge < -0.3 is 10.2 Å². The van der Waals surface area contributed by atoms with E-state index < -0.39 is 0 Å². The van der Waals surface area contributed by atoms with Crippen molar-refractivity contribution in [2.45, 2.75) is 37.6 Å². The third kappa shape index (κ3) is 4.68. The quantitative estimate of drug-likeness (QED) is 0.765. The Balaban J connectivity index is 1.57. The van der Waals surface area contributed by atoms with E-state index in [-0.39, 0.29) is 0 Å². The Hall–Kier alpha value is -1.64. The maximum absolute atomic E-state index is 3.71. The summed E-state index contributed by atoms with van der Waals surface area (Å²) in [6.07, 6.45) is 5.22. The van der Waals surface area contributed by atoms with Crippen LogP contribution < -0.4 is 5.32 Å². The number of rotatable bonds is 7. The number of likely N-dealkylation sites (N-methyl/N-ethyl adjacent to an activating group) is 1. The normalized spacial score (nSPS) is 18.8. The minimum Gasteiger partial charge on any atom is -0.315 e. The van der Waals surface area contributed by atoms with E-state index in [1.165, 1.54) is 36.9 Å². The molecule has 1 N–H and O–H groups in total. The van der Waals surface area contributed by atoms with Gasteiger partial charge in [-0.25, -0.2) is 0 Å². The van der Waals surface area contributed by atoms with Crippen molar-refractivity contribution in [3.05, 3.63) is 71.8 Å². The zero-order valence-electron chi connectivity index (χ0n) is 14.8. The predicted octanol–water partition coefficient (Wildman–Crippen LogP) is 4.28. The lowest BCUT2D eigenvalue weighted by Crippen LogP contribution is -2.43. The van der Waals surface area contributed by atoms with Crippen molar-refractivity contribution in [3.63, 3.8) is 0 Å². The highest BCUT2D eigenvalue weighted by molar-refractivity contribution is 5.32. The number of hydrogen-bond donors (Lipinski definition) is 1. The minimum atomic E-state index is 0.476. The highest BCUT2D eigenvalue weighted by Gasteiger charge is 2.18. The first-order valence-electron chi connectivity index (χ1n) is 9.35. The highest BCUT2D eigenvalue weighted by atomic mass is 15.2. The Kier molecular flexibility index (Phi) is 6.45. The summed E-state index contributed by atoms with van der Waals surface area (Å²) in [5, 5.41) is 3.71. The van der Waals surface area contributed by atoms with Crippen LogP contribution in [0.4, 0.5) is 0 Å². The molecule has 1 saturated heterocycles. The number of piperidine rings is 1. The van der Waals surface area contributed by atoms with Crippen molar-refractivity contribution in [1.29, 1.82) is 0 Å². The molecular formula is C22H30N2. The molecule has 1 atom stereocenters. The third-order valence-electron chi connectivity index (χ3n) is 5.32. The molecule has 0 radical (unpaired) electrons. The molecule has 0 aliphatic carbocycles. The molecule has 24 heavy (non-hydrogen) atoms. The smallest absolute Gasteiger partial charge is 0.0217 e. The monoisotopic (exact) mass is 322 g/mol. The zero-order chi connectivity index (χ0) is 16.6. The number of likely N-dealkylation sites (tertiary alicyclic amines) is 1. The molecule has 1 aliphatic heterocycles. The average Bonchev–Trinajstić information content (AvgIpc) is 2.64. The largest absolute Gasteiger partial charge is 0.315 e. The van der Waals surface area contributed by atoms with E-state index in [0.29, 0.717) is 12.0 Å². The van der Waals surface area contributed by atoms with Crippen molar-refractivity contribution in [1.82, 2.24) is 10.2 Å². The van der Waals surface area contributed by atoms with Gasteiger partial charge in [-0.2, -0.15) is 0 Å². The molecule has 0 saturated carbocycles.